The third-order valence-electron chi connectivity index (χ3n) is 5.05. The zero-order valence-electron chi connectivity index (χ0n) is 16.3. The minimum atomic E-state index is -0.0157. The number of hydrogen-bond donors (Lipinski definition) is 1. The molecule has 2 N–H and O–H groups in total. The van der Waals surface area contributed by atoms with Crippen molar-refractivity contribution in [2.75, 3.05) is 20.2 Å². The highest BCUT2D eigenvalue weighted by Crippen LogP contribution is 2.27. The van der Waals surface area contributed by atoms with Crippen LogP contribution in [0.4, 0.5) is 0 Å². The molecule has 0 spiro atoms. The van der Waals surface area contributed by atoms with Crippen LogP contribution in [0.5, 0.6) is 5.75 Å². The number of nitrogens with zero attached hydrogens (tertiary/aromatic N) is 3. The first-order valence-corrected chi connectivity index (χ1v) is 9.44. The molecule has 1 fully saturated rings. The summed E-state index contributed by atoms with van der Waals surface area (Å²) >= 11 is 0. The molecule has 2 aromatic carbocycles. The van der Waals surface area contributed by atoms with Gasteiger partial charge in [0.2, 0.25) is 0 Å². The lowest BCUT2D eigenvalue weighted by Crippen LogP contribution is -2.32. The zero-order valence-corrected chi connectivity index (χ0v) is 17.1. The van der Waals surface area contributed by atoms with Crippen molar-refractivity contribution in [3.8, 4) is 17.0 Å². The Morgan fingerprint density at radius 1 is 1.17 bits per heavy atom. The van der Waals surface area contributed by atoms with Gasteiger partial charge in [-0.3, -0.25) is 9.48 Å². The van der Waals surface area contributed by atoms with Gasteiger partial charge in [-0.25, -0.2) is 0 Å². The molecule has 0 saturated carbocycles. The quantitative estimate of drug-likeness (QED) is 0.698. The largest absolute Gasteiger partial charge is 0.497 e. The van der Waals surface area contributed by atoms with Gasteiger partial charge in [-0.2, -0.15) is 5.10 Å². The Balaban J connectivity index is 0.00000240. The van der Waals surface area contributed by atoms with Crippen molar-refractivity contribution in [3.05, 3.63) is 71.9 Å². The van der Waals surface area contributed by atoms with Gasteiger partial charge in [0.1, 0.15) is 11.4 Å². The first-order valence-electron chi connectivity index (χ1n) is 9.44. The fraction of sp³-hybridized carbons (Fsp3) is 0.273. The molecule has 0 bridgehead atoms. The minimum absolute atomic E-state index is 0. The topological polar surface area (TPSA) is 73.4 Å². The fourth-order valence-corrected chi connectivity index (χ4v) is 3.53. The van der Waals surface area contributed by atoms with Crippen molar-refractivity contribution in [1.29, 1.82) is 0 Å². The molecule has 1 aliphatic heterocycles. The number of ether oxygens (including phenoxy) is 1. The molecule has 1 amide bonds. The Kier molecular flexibility index (Phi) is 6.56. The highest BCUT2D eigenvalue weighted by Gasteiger charge is 2.28. The lowest BCUT2D eigenvalue weighted by Gasteiger charge is -2.15. The number of carbonyl (C=O) groups is 1. The second-order valence-corrected chi connectivity index (χ2v) is 7.10. The standard InChI is InChI=1S/C22H24N4O2.ClH/c1-28-19-9-7-17(8-10-19)21-20(22(27)25-12-11-18(23)14-25)15-26(24-21)13-16-5-3-2-4-6-16;/h2-10,15,18H,11-14,23H2,1H3;1H/t18-;/m1./s1. The highest BCUT2D eigenvalue weighted by atomic mass is 35.5. The van der Waals surface area contributed by atoms with Crippen molar-refractivity contribution in [1.82, 2.24) is 14.7 Å². The van der Waals surface area contributed by atoms with Gasteiger partial charge in [0, 0.05) is 30.9 Å². The van der Waals surface area contributed by atoms with E-state index in [1.54, 1.807) is 7.11 Å². The molecule has 1 saturated heterocycles. The summed E-state index contributed by atoms with van der Waals surface area (Å²) in [5.41, 5.74) is 9.31. The molecular weight excluding hydrogens is 388 g/mol. The summed E-state index contributed by atoms with van der Waals surface area (Å²) in [6.07, 6.45) is 2.68. The van der Waals surface area contributed by atoms with Crippen molar-refractivity contribution < 1.29 is 9.53 Å². The molecule has 0 radical (unpaired) electrons. The van der Waals surface area contributed by atoms with E-state index in [4.69, 9.17) is 15.6 Å². The summed E-state index contributed by atoms with van der Waals surface area (Å²) in [5, 5.41) is 4.74. The summed E-state index contributed by atoms with van der Waals surface area (Å²) in [4.78, 5) is 15.0. The molecule has 1 atom stereocenters. The number of methoxy groups -OCH3 is 1. The molecule has 6 nitrogen and oxygen atoms in total. The number of nitrogens with two attached hydrogens (primary N) is 1. The van der Waals surface area contributed by atoms with Crippen LogP contribution in [0.3, 0.4) is 0 Å². The van der Waals surface area contributed by atoms with E-state index in [1.165, 1.54) is 0 Å². The molecule has 29 heavy (non-hydrogen) atoms. The van der Waals surface area contributed by atoms with E-state index < -0.39 is 0 Å². The molecule has 4 rings (SSSR count). The van der Waals surface area contributed by atoms with Gasteiger partial charge in [-0.15, -0.1) is 12.4 Å². The average molecular weight is 413 g/mol. The molecule has 3 aromatic rings. The molecule has 0 unspecified atom stereocenters. The monoisotopic (exact) mass is 412 g/mol. The second-order valence-electron chi connectivity index (χ2n) is 7.10. The first kappa shape index (κ1) is 20.9. The van der Waals surface area contributed by atoms with E-state index in [-0.39, 0.29) is 24.4 Å². The van der Waals surface area contributed by atoms with Gasteiger partial charge >= 0.3 is 0 Å². The molecule has 152 valence electrons. The average Bonchev–Trinajstić information content (AvgIpc) is 3.35. The molecular formula is C22H25ClN4O2. The van der Waals surface area contributed by atoms with Crippen LogP contribution in [0, 0.1) is 0 Å². The van der Waals surface area contributed by atoms with Gasteiger partial charge < -0.3 is 15.4 Å². The van der Waals surface area contributed by atoms with Gasteiger partial charge in [0.15, 0.2) is 0 Å². The van der Waals surface area contributed by atoms with Crippen LogP contribution >= 0.6 is 12.4 Å². The first-order chi connectivity index (χ1) is 13.6. The summed E-state index contributed by atoms with van der Waals surface area (Å²) in [7, 11) is 1.63. The van der Waals surface area contributed by atoms with Crippen LogP contribution < -0.4 is 10.5 Å². The van der Waals surface area contributed by atoms with E-state index >= 15 is 0 Å². The van der Waals surface area contributed by atoms with Gasteiger partial charge in [0.25, 0.3) is 5.91 Å². The third-order valence-corrected chi connectivity index (χ3v) is 5.05. The lowest BCUT2D eigenvalue weighted by molar-refractivity contribution is 0.0791. The van der Waals surface area contributed by atoms with Crippen LogP contribution in [-0.2, 0) is 6.54 Å². The molecule has 1 aliphatic rings. The Bertz CT molecular complexity index is 957. The Labute approximate surface area is 176 Å². The van der Waals surface area contributed by atoms with Crippen LogP contribution in [0.15, 0.2) is 60.8 Å². The van der Waals surface area contributed by atoms with Gasteiger partial charge in [-0.05, 0) is 36.2 Å². The van der Waals surface area contributed by atoms with Crippen molar-refractivity contribution >= 4 is 18.3 Å². The zero-order chi connectivity index (χ0) is 19.5. The lowest BCUT2D eigenvalue weighted by atomic mass is 10.1. The Morgan fingerprint density at radius 2 is 1.90 bits per heavy atom. The molecule has 0 aliphatic carbocycles. The second kappa shape index (κ2) is 9.11. The summed E-state index contributed by atoms with van der Waals surface area (Å²) < 4.78 is 7.08. The Morgan fingerprint density at radius 3 is 2.52 bits per heavy atom. The number of halogens is 1. The maximum Gasteiger partial charge on any atom is 0.257 e. The Hall–Kier alpha value is -2.83. The van der Waals surface area contributed by atoms with Gasteiger partial charge in [-0.1, -0.05) is 30.3 Å². The number of hydrogen-bond acceptors (Lipinski definition) is 4. The minimum Gasteiger partial charge on any atom is -0.497 e. The number of rotatable bonds is 5. The van der Waals surface area contributed by atoms with Crippen LogP contribution in [0.1, 0.15) is 22.3 Å². The van der Waals surface area contributed by atoms with Crippen molar-refractivity contribution in [3.63, 3.8) is 0 Å². The van der Waals surface area contributed by atoms with Crippen molar-refractivity contribution in [2.24, 2.45) is 5.73 Å². The highest BCUT2D eigenvalue weighted by molar-refractivity contribution is 6.00. The maximum absolute atomic E-state index is 13.2. The fourth-order valence-electron chi connectivity index (χ4n) is 3.53. The number of likely N-dealkylation sites (tertiary alicyclic amines) is 1. The van der Waals surface area contributed by atoms with E-state index in [0.29, 0.717) is 30.9 Å². The molecule has 2 heterocycles. The normalized spacial score (nSPS) is 15.8. The van der Waals surface area contributed by atoms with E-state index in [1.807, 2.05) is 58.2 Å². The number of benzene rings is 2. The SMILES string of the molecule is COc1ccc(-c2nn(Cc3ccccc3)cc2C(=O)N2CC[C@@H](N)C2)cc1.Cl. The van der Waals surface area contributed by atoms with E-state index in [0.717, 1.165) is 23.3 Å². The third kappa shape index (κ3) is 4.60. The predicted molar refractivity (Wildman–Crippen MR) is 116 cm³/mol. The van der Waals surface area contributed by atoms with Gasteiger partial charge in [0.05, 0.1) is 19.2 Å². The smallest absolute Gasteiger partial charge is 0.257 e. The number of amides is 1. The van der Waals surface area contributed by atoms with E-state index in [2.05, 4.69) is 12.1 Å². The summed E-state index contributed by atoms with van der Waals surface area (Å²) in [5.74, 6) is 0.754. The van der Waals surface area contributed by atoms with Crippen LogP contribution in [0.25, 0.3) is 11.3 Å². The predicted octanol–water partition coefficient (Wildman–Crippen LogP) is 3.20. The summed E-state index contributed by atoms with van der Waals surface area (Å²) in [6, 6.07) is 17.8. The van der Waals surface area contributed by atoms with Crippen molar-refractivity contribution in [2.45, 2.75) is 19.0 Å². The van der Waals surface area contributed by atoms with Crippen LogP contribution in [0.2, 0.25) is 0 Å². The number of aromatic nitrogens is 2. The molecule has 1 aromatic heterocycles. The molecule has 7 heteroatoms. The summed E-state index contributed by atoms with van der Waals surface area (Å²) in [6.45, 7) is 1.88. The van der Waals surface area contributed by atoms with E-state index in [9.17, 15) is 4.79 Å². The van der Waals surface area contributed by atoms with Crippen LogP contribution in [-0.4, -0.2) is 46.8 Å². The number of carbonyl (C=O) groups excluding carboxylic acids is 1. The maximum atomic E-state index is 13.2.